The zero-order chi connectivity index (χ0) is 17.0. The lowest BCUT2D eigenvalue weighted by Crippen LogP contribution is -2.45. The lowest BCUT2D eigenvalue weighted by molar-refractivity contribution is -0.149. The van der Waals surface area contributed by atoms with Crippen LogP contribution in [0, 0.1) is 16.2 Å². The predicted molar refractivity (Wildman–Crippen MR) is 79.8 cm³/mol. The molecule has 1 aromatic rings. The van der Waals surface area contributed by atoms with Gasteiger partial charge in [-0.3, -0.25) is 14.4 Å². The van der Waals surface area contributed by atoms with Gasteiger partial charge in [-0.15, -0.1) is 0 Å². The van der Waals surface area contributed by atoms with Crippen LogP contribution < -0.4 is 5.43 Å². The van der Waals surface area contributed by atoms with E-state index >= 15 is 0 Å². The maximum absolute atomic E-state index is 12.7. The highest BCUT2D eigenvalue weighted by Crippen LogP contribution is 2.69. The fraction of sp³-hybridized carbons (Fsp3) is 0.500. The molecule has 0 saturated heterocycles. The summed E-state index contributed by atoms with van der Waals surface area (Å²) in [6.07, 6.45) is 2.16. The number of carboxylic acids is 1. The van der Waals surface area contributed by atoms with E-state index in [4.69, 9.17) is 4.42 Å². The molecule has 2 bridgehead atoms. The summed E-state index contributed by atoms with van der Waals surface area (Å²) in [5.74, 6) is -1.97. The van der Waals surface area contributed by atoms with E-state index in [1.54, 1.807) is 26.8 Å². The van der Waals surface area contributed by atoms with Gasteiger partial charge >= 0.3 is 11.9 Å². The first-order chi connectivity index (χ1) is 10.7. The van der Waals surface area contributed by atoms with Gasteiger partial charge in [-0.1, -0.05) is 20.8 Å². The Hall–Kier alpha value is -2.44. The fourth-order valence-electron chi connectivity index (χ4n) is 3.99. The van der Waals surface area contributed by atoms with Gasteiger partial charge in [0.2, 0.25) is 0 Å². The number of hydrogen-bond donors (Lipinski definition) is 2. The van der Waals surface area contributed by atoms with Crippen molar-refractivity contribution in [2.45, 2.75) is 33.6 Å². The van der Waals surface area contributed by atoms with Gasteiger partial charge in [0.15, 0.2) is 11.5 Å². The molecule has 122 valence electrons. The Labute approximate surface area is 132 Å². The summed E-state index contributed by atoms with van der Waals surface area (Å²) in [6.45, 7) is 5.34. The molecule has 2 N–H and O–H groups in total. The minimum absolute atomic E-state index is 0.0415. The second-order valence-electron chi connectivity index (χ2n) is 6.88. The Balaban J connectivity index is 2.02. The third-order valence-corrected chi connectivity index (χ3v) is 5.95. The van der Waals surface area contributed by atoms with Crippen molar-refractivity contribution in [1.82, 2.24) is 5.43 Å². The number of nitrogens with one attached hydrogen (secondary N) is 1. The van der Waals surface area contributed by atoms with Crippen molar-refractivity contribution >= 4 is 23.4 Å². The topological polar surface area (TPSA) is 109 Å². The van der Waals surface area contributed by atoms with E-state index in [9.17, 15) is 19.5 Å². The van der Waals surface area contributed by atoms with Crippen molar-refractivity contribution in [2.24, 2.45) is 21.3 Å². The number of hydrogen-bond acceptors (Lipinski definition) is 5. The Morgan fingerprint density at radius 2 is 2.00 bits per heavy atom. The summed E-state index contributed by atoms with van der Waals surface area (Å²) in [5.41, 5.74) is -0.784. The van der Waals surface area contributed by atoms with Crippen LogP contribution in [0.1, 0.15) is 44.2 Å². The molecule has 0 aliphatic heterocycles. The first-order valence-corrected chi connectivity index (χ1v) is 7.39. The number of Topliss-reactive ketones (excluding diaryl/α,β-unsaturated/α-hetero) is 1. The van der Waals surface area contributed by atoms with Crippen LogP contribution in [-0.4, -0.2) is 28.5 Å². The van der Waals surface area contributed by atoms with Crippen LogP contribution in [0.3, 0.4) is 0 Å². The van der Waals surface area contributed by atoms with Gasteiger partial charge in [0.05, 0.1) is 6.26 Å². The molecule has 1 amide bonds. The average molecular weight is 318 g/mol. The van der Waals surface area contributed by atoms with Gasteiger partial charge in [-0.05, 0) is 30.4 Å². The number of amides is 1. The summed E-state index contributed by atoms with van der Waals surface area (Å²) in [7, 11) is 0. The zero-order valence-electron chi connectivity index (χ0n) is 13.2. The quantitative estimate of drug-likeness (QED) is 0.827. The second kappa shape index (κ2) is 4.53. The Morgan fingerprint density at radius 3 is 2.57 bits per heavy atom. The number of carboxylic acid groups (broad SMARTS) is 1. The molecular formula is C16H18N2O5. The number of aliphatic carboxylic acids is 1. The number of fused-ring (bicyclic) bond motifs is 2. The highest BCUT2D eigenvalue weighted by atomic mass is 16.4. The molecule has 0 unspecified atom stereocenters. The molecule has 0 aromatic carbocycles. The van der Waals surface area contributed by atoms with E-state index in [0.29, 0.717) is 12.8 Å². The normalized spacial score (nSPS) is 33.2. The van der Waals surface area contributed by atoms with Gasteiger partial charge in [0.25, 0.3) is 0 Å². The van der Waals surface area contributed by atoms with Crippen LogP contribution in [0.4, 0.5) is 0 Å². The van der Waals surface area contributed by atoms with Crippen molar-refractivity contribution in [1.29, 1.82) is 0 Å². The van der Waals surface area contributed by atoms with Crippen molar-refractivity contribution < 1.29 is 23.9 Å². The van der Waals surface area contributed by atoms with Crippen LogP contribution >= 0.6 is 0 Å². The number of rotatable bonds is 3. The SMILES string of the molecule is CC1(C)[C@@]2(C(=O)O)CC[C@]1(C)C(=O)C2=NNC(=O)c1ccco1. The van der Waals surface area contributed by atoms with Crippen LogP contribution in [0.15, 0.2) is 27.9 Å². The molecule has 2 fully saturated rings. The summed E-state index contributed by atoms with van der Waals surface area (Å²) >= 11 is 0. The molecule has 2 aliphatic carbocycles. The smallest absolute Gasteiger partial charge is 0.316 e. The minimum Gasteiger partial charge on any atom is -0.481 e. The molecule has 1 aromatic heterocycles. The van der Waals surface area contributed by atoms with Crippen molar-refractivity contribution in [3.63, 3.8) is 0 Å². The van der Waals surface area contributed by atoms with Crippen LogP contribution in [0.25, 0.3) is 0 Å². The monoisotopic (exact) mass is 318 g/mol. The van der Waals surface area contributed by atoms with E-state index in [1.807, 2.05) is 0 Å². The summed E-state index contributed by atoms with van der Waals surface area (Å²) < 4.78 is 4.95. The van der Waals surface area contributed by atoms with Crippen LogP contribution in [-0.2, 0) is 9.59 Å². The van der Waals surface area contributed by atoms with Gasteiger partial charge in [0.1, 0.15) is 11.1 Å². The third kappa shape index (κ3) is 1.64. The molecule has 7 nitrogen and oxygen atoms in total. The van der Waals surface area contributed by atoms with E-state index in [2.05, 4.69) is 10.5 Å². The molecule has 23 heavy (non-hydrogen) atoms. The van der Waals surface area contributed by atoms with Gasteiger partial charge in [-0.25, -0.2) is 5.43 Å². The lowest BCUT2D eigenvalue weighted by atomic mass is 9.65. The van der Waals surface area contributed by atoms with E-state index < -0.39 is 28.1 Å². The van der Waals surface area contributed by atoms with Crippen molar-refractivity contribution in [2.75, 3.05) is 0 Å². The van der Waals surface area contributed by atoms with Crippen LogP contribution in [0.2, 0.25) is 0 Å². The number of carbonyl (C=O) groups excluding carboxylic acids is 2. The second-order valence-corrected chi connectivity index (χ2v) is 6.88. The maximum Gasteiger partial charge on any atom is 0.316 e. The number of furan rings is 1. The number of nitrogens with zero attached hydrogens (tertiary/aromatic N) is 1. The summed E-state index contributed by atoms with van der Waals surface area (Å²) in [6, 6.07) is 3.00. The van der Waals surface area contributed by atoms with E-state index in [-0.39, 0.29) is 17.3 Å². The number of hydrazone groups is 1. The summed E-state index contributed by atoms with van der Waals surface area (Å²) in [5, 5.41) is 13.7. The summed E-state index contributed by atoms with van der Waals surface area (Å²) in [4.78, 5) is 36.7. The fourth-order valence-corrected chi connectivity index (χ4v) is 3.99. The first-order valence-electron chi connectivity index (χ1n) is 7.39. The minimum atomic E-state index is -1.38. The molecule has 0 radical (unpaired) electrons. The molecule has 1 heterocycles. The zero-order valence-corrected chi connectivity index (χ0v) is 13.2. The molecule has 2 saturated carbocycles. The average Bonchev–Trinajstić information content (AvgIpc) is 3.10. The van der Waals surface area contributed by atoms with Crippen molar-refractivity contribution in [3.8, 4) is 0 Å². The standard InChI is InChI=1S/C16H18N2O5/c1-14(2)15(3)6-7-16(14,13(21)22)10(11(15)19)17-18-12(20)9-5-4-8-23-9/h4-5,8H,6-7H2,1-3H3,(H,18,20)(H,21,22)/t15-,16+/m1/s1. The third-order valence-electron chi connectivity index (χ3n) is 5.95. The van der Waals surface area contributed by atoms with Crippen LogP contribution in [0.5, 0.6) is 0 Å². The predicted octanol–water partition coefficient (Wildman–Crippen LogP) is 1.85. The van der Waals surface area contributed by atoms with Gasteiger partial charge < -0.3 is 9.52 Å². The van der Waals surface area contributed by atoms with Gasteiger partial charge in [0, 0.05) is 5.41 Å². The van der Waals surface area contributed by atoms with Gasteiger partial charge in [-0.2, -0.15) is 5.10 Å². The molecule has 2 aliphatic rings. The molecule has 3 rings (SSSR count). The van der Waals surface area contributed by atoms with E-state index in [0.717, 1.165) is 0 Å². The Kier molecular flexibility index (Phi) is 3.05. The highest BCUT2D eigenvalue weighted by molar-refractivity contribution is 6.50. The molecule has 2 atom stereocenters. The highest BCUT2D eigenvalue weighted by Gasteiger charge is 2.77. The number of carbonyl (C=O) groups is 3. The maximum atomic E-state index is 12.7. The molecular weight excluding hydrogens is 300 g/mol. The van der Waals surface area contributed by atoms with E-state index in [1.165, 1.54) is 12.3 Å². The Morgan fingerprint density at radius 1 is 1.30 bits per heavy atom. The largest absolute Gasteiger partial charge is 0.481 e. The molecule has 7 heteroatoms. The first kappa shape index (κ1) is 15.5. The Bertz CT molecular complexity index is 734. The van der Waals surface area contributed by atoms with Crippen molar-refractivity contribution in [3.05, 3.63) is 24.2 Å². The molecule has 0 spiro atoms. The number of ketones is 1. The lowest BCUT2D eigenvalue weighted by Gasteiger charge is -2.36.